The minimum atomic E-state index is -0.378. The summed E-state index contributed by atoms with van der Waals surface area (Å²) in [6.45, 7) is 3.72. The lowest BCUT2D eigenvalue weighted by molar-refractivity contribution is 0.411. The zero-order valence-corrected chi connectivity index (χ0v) is 15.3. The zero-order valence-electron chi connectivity index (χ0n) is 15.3. The Morgan fingerprint density at radius 3 is 2.48 bits per heavy atom. The number of nitrogens with one attached hydrogen (secondary N) is 1. The van der Waals surface area contributed by atoms with Gasteiger partial charge in [-0.15, -0.1) is 0 Å². The van der Waals surface area contributed by atoms with E-state index < -0.39 is 0 Å². The van der Waals surface area contributed by atoms with Gasteiger partial charge < -0.3 is 14.8 Å². The molecule has 2 N–H and O–H groups in total. The van der Waals surface area contributed by atoms with Gasteiger partial charge in [-0.1, -0.05) is 24.3 Å². The zero-order chi connectivity index (χ0) is 19.6. The van der Waals surface area contributed by atoms with Crippen LogP contribution in [-0.2, 0) is 0 Å². The van der Waals surface area contributed by atoms with Crippen molar-refractivity contribution in [1.82, 2.24) is 4.98 Å². The van der Waals surface area contributed by atoms with Gasteiger partial charge in [-0.3, -0.25) is 4.79 Å². The maximum atomic E-state index is 14.1. The van der Waals surface area contributed by atoms with Crippen LogP contribution in [0.3, 0.4) is 0 Å². The number of aryl methyl sites for hydroxylation is 2. The van der Waals surface area contributed by atoms with Gasteiger partial charge in [0.1, 0.15) is 17.3 Å². The highest BCUT2D eigenvalue weighted by Crippen LogP contribution is 2.34. The van der Waals surface area contributed by atoms with Crippen molar-refractivity contribution >= 4 is 12.2 Å². The van der Waals surface area contributed by atoms with Crippen molar-refractivity contribution in [3.8, 4) is 22.6 Å². The molecule has 0 fully saturated rings. The van der Waals surface area contributed by atoms with Gasteiger partial charge in [-0.2, -0.15) is 0 Å². The Morgan fingerprint density at radius 1 is 1.07 bits per heavy atom. The van der Waals surface area contributed by atoms with Gasteiger partial charge in [0.15, 0.2) is 0 Å². The summed E-state index contributed by atoms with van der Waals surface area (Å²) >= 11 is 0. The fourth-order valence-corrected chi connectivity index (χ4v) is 3.00. The fourth-order valence-electron chi connectivity index (χ4n) is 3.00. The number of aromatic nitrogens is 1. The Balaban J connectivity index is 2.09. The Kier molecular flexibility index (Phi) is 5.12. The third kappa shape index (κ3) is 3.92. The number of benzene rings is 2. The van der Waals surface area contributed by atoms with Crippen LogP contribution in [-0.4, -0.2) is 17.2 Å². The fraction of sp³-hybridized carbons (Fsp3) is 0.136. The molecule has 1 aromatic heterocycles. The van der Waals surface area contributed by atoms with Gasteiger partial charge in [0.05, 0.1) is 7.11 Å². The number of H-pyrrole nitrogens is 1. The molecule has 0 bridgehead atoms. The molecular formula is C22H20FNO3. The topological polar surface area (TPSA) is 62.3 Å². The molecule has 4 nitrogen and oxygen atoms in total. The predicted molar refractivity (Wildman–Crippen MR) is 106 cm³/mol. The second-order valence-electron chi connectivity index (χ2n) is 6.37. The monoisotopic (exact) mass is 365 g/mol. The number of ether oxygens (including phenoxy) is 1. The summed E-state index contributed by atoms with van der Waals surface area (Å²) in [7, 11) is 1.57. The Labute approximate surface area is 156 Å². The summed E-state index contributed by atoms with van der Waals surface area (Å²) in [6, 6.07) is 9.86. The van der Waals surface area contributed by atoms with Crippen LogP contribution in [0.15, 0.2) is 47.4 Å². The van der Waals surface area contributed by atoms with Gasteiger partial charge in [-0.05, 0) is 48.7 Å². The van der Waals surface area contributed by atoms with Crippen LogP contribution < -0.4 is 10.3 Å². The molecule has 0 spiro atoms. The molecule has 0 unspecified atom stereocenters. The maximum Gasteiger partial charge on any atom is 0.251 e. The highest BCUT2D eigenvalue weighted by molar-refractivity contribution is 5.79. The van der Waals surface area contributed by atoms with Crippen molar-refractivity contribution < 1.29 is 14.2 Å². The molecule has 0 aliphatic carbocycles. The Morgan fingerprint density at radius 2 is 1.81 bits per heavy atom. The predicted octanol–water partition coefficient (Wildman–Crippen LogP) is 4.68. The van der Waals surface area contributed by atoms with E-state index in [0.29, 0.717) is 22.4 Å². The van der Waals surface area contributed by atoms with E-state index in [2.05, 4.69) is 4.98 Å². The van der Waals surface area contributed by atoms with E-state index in [1.807, 2.05) is 32.0 Å². The van der Waals surface area contributed by atoms with E-state index in [1.165, 1.54) is 12.3 Å². The van der Waals surface area contributed by atoms with Crippen LogP contribution in [0.25, 0.3) is 23.3 Å². The molecule has 0 saturated heterocycles. The molecule has 1 heterocycles. The molecule has 0 atom stereocenters. The number of methoxy groups -OCH3 is 1. The highest BCUT2D eigenvalue weighted by atomic mass is 19.1. The van der Waals surface area contributed by atoms with Gasteiger partial charge >= 0.3 is 0 Å². The van der Waals surface area contributed by atoms with Crippen molar-refractivity contribution in [2.75, 3.05) is 7.11 Å². The summed E-state index contributed by atoms with van der Waals surface area (Å²) in [5, 5.41) is 10.1. The van der Waals surface area contributed by atoms with Gasteiger partial charge in [0.2, 0.25) is 0 Å². The third-order valence-electron chi connectivity index (χ3n) is 4.32. The minimum Gasteiger partial charge on any atom is -0.507 e. The molecule has 3 aromatic rings. The summed E-state index contributed by atoms with van der Waals surface area (Å²) in [6.07, 6.45) is 4.92. The van der Waals surface area contributed by atoms with Crippen molar-refractivity contribution in [3.05, 3.63) is 81.0 Å². The Bertz CT molecular complexity index is 1080. The number of hydrogen-bond donors (Lipinski definition) is 2. The Hall–Kier alpha value is -3.34. The van der Waals surface area contributed by atoms with Crippen LogP contribution in [0.5, 0.6) is 11.5 Å². The lowest BCUT2D eigenvalue weighted by Crippen LogP contribution is -2.02. The van der Waals surface area contributed by atoms with E-state index >= 15 is 0 Å². The standard InChI is InChI=1S/C22H20FNO3/c1-13-4-5-15(19(23)8-13)6-7-16-10-17(9-14(2)22(16)27-3)18-12-24-21(26)11-20(18)25/h4-12H,1-3H3,(H2,24,25,26)/b7-6+. The normalized spacial score (nSPS) is 11.1. The van der Waals surface area contributed by atoms with Crippen LogP contribution in [0, 0.1) is 19.7 Å². The summed E-state index contributed by atoms with van der Waals surface area (Å²) in [5.74, 6) is 0.255. The van der Waals surface area contributed by atoms with Gasteiger partial charge in [0.25, 0.3) is 5.56 Å². The number of aromatic amines is 1. The number of halogens is 1. The average Bonchev–Trinajstić information content (AvgIpc) is 2.60. The lowest BCUT2D eigenvalue weighted by atomic mass is 9.98. The van der Waals surface area contributed by atoms with Crippen molar-refractivity contribution in [3.63, 3.8) is 0 Å². The number of pyridine rings is 1. The number of rotatable bonds is 4. The second kappa shape index (κ2) is 7.50. The molecule has 0 saturated carbocycles. The van der Waals surface area contributed by atoms with E-state index in [9.17, 15) is 14.3 Å². The third-order valence-corrected chi connectivity index (χ3v) is 4.32. The molecule has 0 radical (unpaired) electrons. The SMILES string of the molecule is COc1c(C)cc(-c2c[nH]c(=O)cc2O)cc1/C=C/c1ccc(C)cc1F. The van der Waals surface area contributed by atoms with E-state index in [4.69, 9.17) is 4.74 Å². The lowest BCUT2D eigenvalue weighted by Gasteiger charge is -2.13. The molecule has 0 aliphatic heterocycles. The first-order valence-electron chi connectivity index (χ1n) is 8.44. The molecule has 5 heteroatoms. The average molecular weight is 365 g/mol. The van der Waals surface area contributed by atoms with Crippen molar-refractivity contribution in [2.45, 2.75) is 13.8 Å². The van der Waals surface area contributed by atoms with Crippen molar-refractivity contribution in [2.24, 2.45) is 0 Å². The van der Waals surface area contributed by atoms with Crippen LogP contribution in [0.1, 0.15) is 22.3 Å². The van der Waals surface area contributed by atoms with Crippen LogP contribution in [0.4, 0.5) is 4.39 Å². The molecule has 2 aromatic carbocycles. The first-order valence-corrected chi connectivity index (χ1v) is 8.44. The smallest absolute Gasteiger partial charge is 0.251 e. The minimum absolute atomic E-state index is 0.108. The first-order chi connectivity index (χ1) is 12.9. The summed E-state index contributed by atoms with van der Waals surface area (Å²) in [5.41, 5.74) is 3.74. The van der Waals surface area contributed by atoms with E-state index in [-0.39, 0.29) is 17.1 Å². The quantitative estimate of drug-likeness (QED) is 0.660. The van der Waals surface area contributed by atoms with Crippen molar-refractivity contribution in [1.29, 1.82) is 0 Å². The molecule has 138 valence electrons. The molecule has 27 heavy (non-hydrogen) atoms. The van der Waals surface area contributed by atoms with Gasteiger partial charge in [-0.25, -0.2) is 4.39 Å². The van der Waals surface area contributed by atoms with Crippen LogP contribution >= 0.6 is 0 Å². The van der Waals surface area contributed by atoms with Gasteiger partial charge in [0, 0.05) is 29.0 Å². The van der Waals surface area contributed by atoms with E-state index in [1.54, 1.807) is 25.3 Å². The second-order valence-corrected chi connectivity index (χ2v) is 6.37. The summed E-state index contributed by atoms with van der Waals surface area (Å²) < 4.78 is 19.6. The summed E-state index contributed by atoms with van der Waals surface area (Å²) in [4.78, 5) is 13.9. The molecular weight excluding hydrogens is 345 g/mol. The van der Waals surface area contributed by atoms with E-state index in [0.717, 1.165) is 22.8 Å². The van der Waals surface area contributed by atoms with Crippen LogP contribution in [0.2, 0.25) is 0 Å². The number of aromatic hydroxyl groups is 1. The highest BCUT2D eigenvalue weighted by Gasteiger charge is 2.11. The molecule has 0 amide bonds. The molecule has 0 aliphatic rings. The molecule has 3 rings (SSSR count). The first kappa shape index (κ1) is 18.5. The largest absolute Gasteiger partial charge is 0.507 e. The maximum absolute atomic E-state index is 14.1. The number of hydrogen-bond acceptors (Lipinski definition) is 3.